The number of pyridine rings is 1. The van der Waals surface area contributed by atoms with Gasteiger partial charge >= 0.3 is 0 Å². The van der Waals surface area contributed by atoms with E-state index < -0.39 is 0 Å². The maximum absolute atomic E-state index is 10.4. The van der Waals surface area contributed by atoms with Gasteiger partial charge in [0.2, 0.25) is 5.56 Å². The van der Waals surface area contributed by atoms with Gasteiger partial charge in [-0.3, -0.25) is 4.79 Å². The molecular weight excluding hydrogens is 174 g/mol. The van der Waals surface area contributed by atoms with Crippen molar-refractivity contribution >= 4 is 11.6 Å². The number of hydrogen-bond acceptors (Lipinski definition) is 1. The minimum atomic E-state index is -0.169. The van der Waals surface area contributed by atoms with Crippen LogP contribution >= 0.6 is 11.6 Å². The minimum Gasteiger partial charge on any atom is -0.313 e. The van der Waals surface area contributed by atoms with Crippen molar-refractivity contribution in [3.8, 4) is 0 Å². The largest absolute Gasteiger partial charge is 0.313 e. The third-order valence-electron chi connectivity index (χ3n) is 0.733. The second-order valence-electron chi connectivity index (χ2n) is 1.36. The lowest BCUT2D eigenvalue weighted by Gasteiger charge is -1.82. The lowest BCUT2D eigenvalue weighted by molar-refractivity contribution is 1.24. The number of H-pyrrole nitrogens is 1. The summed E-state index contributed by atoms with van der Waals surface area (Å²) in [4.78, 5) is 12.7. The zero-order valence-electron chi connectivity index (χ0n) is 8.02. The van der Waals surface area contributed by atoms with E-state index in [2.05, 4.69) is 4.98 Å². The summed E-state index contributed by atoms with van der Waals surface area (Å²) < 4.78 is 0. The molecule has 0 aliphatic carbocycles. The minimum absolute atomic E-state index is 0.169. The molecular formula is C9H16ClNO. The predicted molar refractivity (Wildman–Crippen MR) is 54.8 cm³/mol. The Hall–Kier alpha value is -0.760. The highest BCUT2D eigenvalue weighted by Crippen LogP contribution is 1.95. The lowest BCUT2D eigenvalue weighted by atomic mass is 10.5. The standard InChI is InChI=1S/C5H4ClNO.2C2H6/c6-4-2-1-3-5(8)7-4;2*1-2/h1-3H,(H,7,8);2*1-2H3. The van der Waals surface area contributed by atoms with Gasteiger partial charge in [-0.25, -0.2) is 0 Å². The molecule has 0 fully saturated rings. The summed E-state index contributed by atoms with van der Waals surface area (Å²) in [5.74, 6) is 0. The highest BCUT2D eigenvalue weighted by Gasteiger charge is 1.81. The van der Waals surface area contributed by atoms with Crippen LogP contribution < -0.4 is 5.56 Å². The van der Waals surface area contributed by atoms with Gasteiger partial charge in [0, 0.05) is 6.07 Å². The summed E-state index contributed by atoms with van der Waals surface area (Å²) in [6, 6.07) is 4.62. The Morgan fingerprint density at radius 2 is 1.67 bits per heavy atom. The number of nitrogens with one attached hydrogen (secondary N) is 1. The van der Waals surface area contributed by atoms with Crippen LogP contribution in [0.15, 0.2) is 23.0 Å². The summed E-state index contributed by atoms with van der Waals surface area (Å²) in [7, 11) is 0. The van der Waals surface area contributed by atoms with Gasteiger partial charge in [0.25, 0.3) is 0 Å². The van der Waals surface area contributed by atoms with E-state index in [0.29, 0.717) is 5.15 Å². The fourth-order valence-corrected chi connectivity index (χ4v) is 0.587. The van der Waals surface area contributed by atoms with Gasteiger partial charge in [0.1, 0.15) is 5.15 Å². The molecule has 1 heterocycles. The van der Waals surface area contributed by atoms with Crippen molar-refractivity contribution in [2.75, 3.05) is 0 Å². The highest BCUT2D eigenvalue weighted by atomic mass is 35.5. The summed E-state index contributed by atoms with van der Waals surface area (Å²) in [6.07, 6.45) is 0. The Bertz CT molecular complexity index is 232. The van der Waals surface area contributed by atoms with Gasteiger partial charge < -0.3 is 4.98 Å². The second-order valence-corrected chi connectivity index (χ2v) is 1.77. The average Bonchev–Trinajstić information content (AvgIpc) is 2.11. The maximum atomic E-state index is 10.4. The van der Waals surface area contributed by atoms with Gasteiger partial charge in [-0.05, 0) is 6.07 Å². The molecule has 1 aromatic heterocycles. The number of aromatic nitrogens is 1. The van der Waals surface area contributed by atoms with Crippen molar-refractivity contribution in [3.05, 3.63) is 33.7 Å². The second kappa shape index (κ2) is 10.2. The van der Waals surface area contributed by atoms with Crippen LogP contribution in [-0.2, 0) is 0 Å². The van der Waals surface area contributed by atoms with Crippen LogP contribution in [0.4, 0.5) is 0 Å². The molecule has 0 atom stereocenters. The summed E-state index contributed by atoms with van der Waals surface area (Å²) in [5.41, 5.74) is -0.169. The van der Waals surface area contributed by atoms with E-state index in [-0.39, 0.29) is 5.56 Å². The Labute approximate surface area is 78.6 Å². The summed E-state index contributed by atoms with van der Waals surface area (Å²) >= 11 is 5.39. The molecule has 0 aliphatic rings. The molecule has 0 aromatic carbocycles. The van der Waals surface area contributed by atoms with Crippen LogP contribution in [-0.4, -0.2) is 4.98 Å². The highest BCUT2D eigenvalue weighted by molar-refractivity contribution is 6.29. The topological polar surface area (TPSA) is 32.9 Å². The van der Waals surface area contributed by atoms with E-state index in [1.54, 1.807) is 12.1 Å². The molecule has 0 unspecified atom stereocenters. The molecule has 0 radical (unpaired) electrons. The molecule has 0 saturated heterocycles. The number of hydrogen-bond donors (Lipinski definition) is 1. The number of rotatable bonds is 0. The quantitative estimate of drug-likeness (QED) is 0.626. The molecule has 0 bridgehead atoms. The smallest absolute Gasteiger partial charge is 0.249 e. The van der Waals surface area contributed by atoms with Crippen LogP contribution in [0.3, 0.4) is 0 Å². The van der Waals surface area contributed by atoms with Gasteiger partial charge in [-0.15, -0.1) is 0 Å². The van der Waals surface area contributed by atoms with Gasteiger partial charge in [0.15, 0.2) is 0 Å². The van der Waals surface area contributed by atoms with E-state index >= 15 is 0 Å². The summed E-state index contributed by atoms with van der Waals surface area (Å²) in [6.45, 7) is 8.00. The Morgan fingerprint density at radius 1 is 1.17 bits per heavy atom. The fourth-order valence-electron chi connectivity index (χ4n) is 0.421. The van der Waals surface area contributed by atoms with Gasteiger partial charge in [0.05, 0.1) is 0 Å². The fraction of sp³-hybridized carbons (Fsp3) is 0.444. The molecule has 2 nitrogen and oxygen atoms in total. The van der Waals surface area contributed by atoms with Gasteiger partial charge in [-0.1, -0.05) is 45.4 Å². The van der Waals surface area contributed by atoms with E-state index in [1.807, 2.05) is 27.7 Å². The molecule has 12 heavy (non-hydrogen) atoms. The first-order valence-electron chi connectivity index (χ1n) is 4.14. The summed E-state index contributed by atoms with van der Waals surface area (Å²) in [5, 5.41) is 0.373. The van der Waals surface area contributed by atoms with Crippen molar-refractivity contribution < 1.29 is 0 Å². The molecule has 1 aromatic rings. The Kier molecular flexibility index (Phi) is 11.8. The van der Waals surface area contributed by atoms with Crippen molar-refractivity contribution in [2.45, 2.75) is 27.7 Å². The molecule has 3 heteroatoms. The van der Waals surface area contributed by atoms with Crippen LogP contribution in [0.1, 0.15) is 27.7 Å². The molecule has 1 rings (SSSR count). The molecule has 0 saturated carbocycles. The van der Waals surface area contributed by atoms with Crippen LogP contribution in [0.2, 0.25) is 5.15 Å². The number of halogens is 1. The molecule has 0 amide bonds. The molecule has 70 valence electrons. The predicted octanol–water partition coefficient (Wildman–Crippen LogP) is 3.08. The monoisotopic (exact) mass is 189 g/mol. The third kappa shape index (κ3) is 7.35. The normalized spacial score (nSPS) is 7.08. The lowest BCUT2D eigenvalue weighted by Crippen LogP contribution is -2.00. The van der Waals surface area contributed by atoms with Crippen molar-refractivity contribution in [1.82, 2.24) is 4.98 Å². The maximum Gasteiger partial charge on any atom is 0.249 e. The molecule has 0 spiro atoms. The molecule has 0 aliphatic heterocycles. The van der Waals surface area contributed by atoms with Crippen LogP contribution in [0, 0.1) is 0 Å². The van der Waals surface area contributed by atoms with Crippen molar-refractivity contribution in [1.29, 1.82) is 0 Å². The first kappa shape index (κ1) is 13.8. The first-order chi connectivity index (χ1) is 5.79. The van der Waals surface area contributed by atoms with E-state index in [0.717, 1.165) is 0 Å². The van der Waals surface area contributed by atoms with E-state index in [1.165, 1.54) is 6.07 Å². The zero-order chi connectivity index (χ0) is 9.98. The Morgan fingerprint density at radius 3 is 1.92 bits per heavy atom. The van der Waals surface area contributed by atoms with Crippen molar-refractivity contribution in [3.63, 3.8) is 0 Å². The molecule has 1 N–H and O–H groups in total. The van der Waals surface area contributed by atoms with Crippen LogP contribution in [0.5, 0.6) is 0 Å². The zero-order valence-corrected chi connectivity index (χ0v) is 8.77. The first-order valence-corrected chi connectivity index (χ1v) is 4.52. The van der Waals surface area contributed by atoms with E-state index in [4.69, 9.17) is 11.6 Å². The van der Waals surface area contributed by atoms with Crippen molar-refractivity contribution in [2.24, 2.45) is 0 Å². The third-order valence-corrected chi connectivity index (χ3v) is 0.953. The Balaban J connectivity index is 0. The SMILES string of the molecule is CC.CC.O=c1cccc(Cl)[nH]1. The van der Waals surface area contributed by atoms with Crippen LogP contribution in [0.25, 0.3) is 0 Å². The van der Waals surface area contributed by atoms with Gasteiger partial charge in [-0.2, -0.15) is 0 Å². The number of aromatic amines is 1. The van der Waals surface area contributed by atoms with E-state index in [9.17, 15) is 4.79 Å². The average molecular weight is 190 g/mol.